The number of amides is 1. The third-order valence-corrected chi connectivity index (χ3v) is 4.18. The van der Waals surface area contributed by atoms with Crippen LogP contribution >= 0.6 is 0 Å². The van der Waals surface area contributed by atoms with Gasteiger partial charge in [0, 0.05) is 12.3 Å². The molecule has 0 bridgehead atoms. The molecule has 1 unspecified atom stereocenters. The lowest BCUT2D eigenvalue weighted by molar-refractivity contribution is -0.123. The van der Waals surface area contributed by atoms with Crippen LogP contribution in [-0.2, 0) is 19.4 Å². The molecule has 0 spiro atoms. The Hall–Kier alpha value is -2.68. The van der Waals surface area contributed by atoms with Crippen molar-refractivity contribution in [2.24, 2.45) is 0 Å². The van der Waals surface area contributed by atoms with Gasteiger partial charge in [-0.1, -0.05) is 5.16 Å². The first kappa shape index (κ1) is 17.7. The maximum absolute atomic E-state index is 12.0. The molecule has 2 rings (SSSR count). The van der Waals surface area contributed by atoms with E-state index in [1.54, 1.807) is 6.92 Å². The van der Waals surface area contributed by atoms with Crippen molar-refractivity contribution in [2.45, 2.75) is 24.8 Å². The predicted octanol–water partition coefficient (Wildman–Crippen LogP) is 1.57. The van der Waals surface area contributed by atoms with Crippen LogP contribution in [0, 0.1) is 6.92 Å². The van der Waals surface area contributed by atoms with Gasteiger partial charge in [0.1, 0.15) is 5.76 Å². The highest BCUT2D eigenvalue weighted by Crippen LogP contribution is 2.13. The number of hydrogen-bond acceptors (Lipinski definition) is 7. The summed E-state index contributed by atoms with van der Waals surface area (Å²) in [5.74, 6) is -0.558. The van der Waals surface area contributed by atoms with E-state index >= 15 is 0 Å². The van der Waals surface area contributed by atoms with Crippen LogP contribution in [-0.4, -0.2) is 37.8 Å². The van der Waals surface area contributed by atoms with E-state index in [0.29, 0.717) is 5.76 Å². The lowest BCUT2D eigenvalue weighted by atomic mass is 10.2. The lowest BCUT2D eigenvalue weighted by Crippen LogP contribution is -2.30. The number of rotatable bonds is 5. The second kappa shape index (κ2) is 6.83. The average Bonchev–Trinajstić information content (AvgIpc) is 2.91. The Morgan fingerprint density at radius 1 is 1.25 bits per heavy atom. The number of nitrogens with one attached hydrogen (secondary N) is 1. The Morgan fingerprint density at radius 2 is 1.88 bits per heavy atom. The van der Waals surface area contributed by atoms with Crippen LogP contribution < -0.4 is 5.32 Å². The molecular weight excluding hydrogens is 336 g/mol. The summed E-state index contributed by atoms with van der Waals surface area (Å²) in [4.78, 5) is 24.0. The summed E-state index contributed by atoms with van der Waals surface area (Å²) >= 11 is 0. The number of anilines is 1. The van der Waals surface area contributed by atoms with E-state index in [4.69, 9.17) is 9.26 Å². The normalized spacial score (nSPS) is 12.5. The van der Waals surface area contributed by atoms with Gasteiger partial charge in [0.15, 0.2) is 21.8 Å². The molecule has 128 valence electrons. The van der Waals surface area contributed by atoms with Crippen molar-refractivity contribution in [3.8, 4) is 0 Å². The lowest BCUT2D eigenvalue weighted by Gasteiger charge is -2.12. The van der Waals surface area contributed by atoms with Gasteiger partial charge in [-0.25, -0.2) is 13.2 Å². The summed E-state index contributed by atoms with van der Waals surface area (Å²) in [6, 6.07) is 6.77. The van der Waals surface area contributed by atoms with Gasteiger partial charge < -0.3 is 14.6 Å². The second-order valence-corrected chi connectivity index (χ2v) is 7.17. The van der Waals surface area contributed by atoms with E-state index in [1.807, 2.05) is 0 Å². The average molecular weight is 352 g/mol. The Morgan fingerprint density at radius 3 is 2.38 bits per heavy atom. The molecule has 0 saturated carbocycles. The highest BCUT2D eigenvalue weighted by molar-refractivity contribution is 7.90. The molecule has 1 heterocycles. The summed E-state index contributed by atoms with van der Waals surface area (Å²) in [6.07, 6.45) is 0.00216. The number of esters is 1. The molecule has 9 heteroatoms. The van der Waals surface area contributed by atoms with Gasteiger partial charge in [-0.15, -0.1) is 0 Å². The van der Waals surface area contributed by atoms with Crippen LogP contribution in [0.3, 0.4) is 0 Å². The van der Waals surface area contributed by atoms with Gasteiger partial charge in [-0.3, -0.25) is 4.79 Å². The predicted molar refractivity (Wildman–Crippen MR) is 84.3 cm³/mol. The van der Waals surface area contributed by atoms with E-state index < -0.39 is 27.8 Å². The molecule has 1 amide bonds. The van der Waals surface area contributed by atoms with Crippen LogP contribution in [0.4, 0.5) is 5.82 Å². The van der Waals surface area contributed by atoms with Gasteiger partial charge in [0.2, 0.25) is 0 Å². The van der Waals surface area contributed by atoms with Crippen molar-refractivity contribution in [3.63, 3.8) is 0 Å². The fourth-order valence-electron chi connectivity index (χ4n) is 1.77. The molecule has 0 aliphatic heterocycles. The zero-order chi connectivity index (χ0) is 17.9. The number of hydrogen-bond donors (Lipinski definition) is 1. The smallest absolute Gasteiger partial charge is 0.338 e. The van der Waals surface area contributed by atoms with Crippen LogP contribution in [0.1, 0.15) is 23.0 Å². The van der Waals surface area contributed by atoms with Crippen LogP contribution in [0.5, 0.6) is 0 Å². The number of carbonyl (C=O) groups is 2. The van der Waals surface area contributed by atoms with Crippen molar-refractivity contribution in [1.82, 2.24) is 5.16 Å². The Labute approximate surface area is 138 Å². The number of sulfone groups is 1. The summed E-state index contributed by atoms with van der Waals surface area (Å²) in [5.41, 5.74) is 0.138. The van der Waals surface area contributed by atoms with Crippen molar-refractivity contribution in [3.05, 3.63) is 41.7 Å². The summed E-state index contributed by atoms with van der Waals surface area (Å²) < 4.78 is 32.6. The molecule has 0 radical (unpaired) electrons. The fraction of sp³-hybridized carbons (Fsp3) is 0.267. The molecule has 24 heavy (non-hydrogen) atoms. The number of aryl methyl sites for hydroxylation is 1. The minimum Gasteiger partial charge on any atom is -0.449 e. The summed E-state index contributed by atoms with van der Waals surface area (Å²) in [5, 5.41) is 6.05. The van der Waals surface area contributed by atoms with E-state index in [9.17, 15) is 18.0 Å². The fourth-order valence-corrected chi connectivity index (χ4v) is 2.40. The van der Waals surface area contributed by atoms with E-state index in [1.165, 1.54) is 37.3 Å². The van der Waals surface area contributed by atoms with Crippen LogP contribution in [0.25, 0.3) is 0 Å². The van der Waals surface area contributed by atoms with Gasteiger partial charge in [0.25, 0.3) is 5.91 Å². The highest BCUT2D eigenvalue weighted by Gasteiger charge is 2.20. The zero-order valence-corrected chi connectivity index (χ0v) is 14.1. The monoisotopic (exact) mass is 352 g/mol. The summed E-state index contributed by atoms with van der Waals surface area (Å²) in [6.45, 7) is 3.08. The number of aromatic nitrogens is 1. The van der Waals surface area contributed by atoms with Crippen LogP contribution in [0.15, 0.2) is 39.8 Å². The third kappa shape index (κ3) is 4.42. The molecule has 0 aliphatic carbocycles. The van der Waals surface area contributed by atoms with Crippen molar-refractivity contribution >= 4 is 27.5 Å². The van der Waals surface area contributed by atoms with Crippen molar-refractivity contribution in [2.75, 3.05) is 11.6 Å². The number of carbonyl (C=O) groups excluding carboxylic acids is 2. The largest absolute Gasteiger partial charge is 0.449 e. The Bertz CT molecular complexity index is 854. The molecule has 1 N–H and O–H groups in total. The van der Waals surface area contributed by atoms with E-state index in [0.717, 1.165) is 6.26 Å². The SMILES string of the molecule is Cc1cc(NC(=O)C(C)OC(=O)c2ccc(S(C)(=O)=O)cc2)no1. The molecule has 0 aliphatic rings. The van der Waals surface area contributed by atoms with Gasteiger partial charge in [-0.05, 0) is 38.1 Å². The van der Waals surface area contributed by atoms with Gasteiger partial charge >= 0.3 is 5.97 Å². The quantitative estimate of drug-likeness (QED) is 0.812. The first-order valence-corrected chi connectivity index (χ1v) is 8.81. The minimum absolute atomic E-state index is 0.0891. The third-order valence-electron chi connectivity index (χ3n) is 3.05. The maximum atomic E-state index is 12.0. The zero-order valence-electron chi connectivity index (χ0n) is 13.3. The van der Waals surface area contributed by atoms with Gasteiger partial charge in [-0.2, -0.15) is 0 Å². The first-order chi connectivity index (χ1) is 11.2. The number of ether oxygens (including phenoxy) is 1. The Kier molecular flexibility index (Phi) is 5.03. The molecule has 8 nitrogen and oxygen atoms in total. The molecule has 0 fully saturated rings. The van der Waals surface area contributed by atoms with Crippen molar-refractivity contribution < 1.29 is 27.3 Å². The Balaban J connectivity index is 1.99. The molecule has 1 atom stereocenters. The first-order valence-electron chi connectivity index (χ1n) is 6.92. The van der Waals surface area contributed by atoms with Crippen LogP contribution in [0.2, 0.25) is 0 Å². The highest BCUT2D eigenvalue weighted by atomic mass is 32.2. The standard InChI is InChI=1S/C15H16N2O6S/c1-9-8-13(17-23-9)16-14(18)10(2)22-15(19)11-4-6-12(7-5-11)24(3,20)21/h4-8,10H,1-3H3,(H,16,17,18). The van der Waals surface area contributed by atoms with Crippen molar-refractivity contribution in [1.29, 1.82) is 0 Å². The number of benzene rings is 1. The molecular formula is C15H16N2O6S. The molecule has 1 aromatic heterocycles. The topological polar surface area (TPSA) is 116 Å². The second-order valence-electron chi connectivity index (χ2n) is 5.16. The molecule has 1 aromatic carbocycles. The van der Waals surface area contributed by atoms with E-state index in [2.05, 4.69) is 10.5 Å². The summed E-state index contributed by atoms with van der Waals surface area (Å²) in [7, 11) is -3.35. The van der Waals surface area contributed by atoms with Gasteiger partial charge in [0.05, 0.1) is 10.5 Å². The van der Waals surface area contributed by atoms with E-state index in [-0.39, 0.29) is 16.3 Å². The maximum Gasteiger partial charge on any atom is 0.338 e. The molecule has 2 aromatic rings. The number of nitrogens with zero attached hydrogens (tertiary/aromatic N) is 1. The minimum atomic E-state index is -3.35. The molecule has 0 saturated heterocycles.